The maximum atomic E-state index is 11.4. The van der Waals surface area contributed by atoms with E-state index < -0.39 is 24.0 Å². The van der Waals surface area contributed by atoms with Gasteiger partial charge in [0, 0.05) is 32.9 Å². The van der Waals surface area contributed by atoms with E-state index in [1.54, 1.807) is 6.07 Å². The SMILES string of the molecule is CC(=O)OCc1nc(C(CNC(C)(C)C)OC(C)=O)ccc1OC(C)=O.Cl. The lowest BCUT2D eigenvalue weighted by Crippen LogP contribution is -2.39. The quantitative estimate of drug-likeness (QED) is 0.693. The minimum absolute atomic E-state index is 0. The number of ether oxygens (including phenoxy) is 3. The summed E-state index contributed by atoms with van der Waals surface area (Å²) in [6.45, 7) is 9.99. The van der Waals surface area contributed by atoms with Gasteiger partial charge in [0.15, 0.2) is 11.9 Å². The number of hydrogen-bond acceptors (Lipinski definition) is 8. The molecule has 0 amide bonds. The van der Waals surface area contributed by atoms with E-state index in [4.69, 9.17) is 14.2 Å². The summed E-state index contributed by atoms with van der Waals surface area (Å²) in [7, 11) is 0. The average Bonchev–Trinajstić information content (AvgIpc) is 2.48. The van der Waals surface area contributed by atoms with E-state index in [1.807, 2.05) is 20.8 Å². The molecule has 0 aliphatic rings. The summed E-state index contributed by atoms with van der Waals surface area (Å²) in [6, 6.07) is 3.14. The highest BCUT2D eigenvalue weighted by molar-refractivity contribution is 5.85. The molecule has 27 heavy (non-hydrogen) atoms. The van der Waals surface area contributed by atoms with Crippen molar-refractivity contribution in [3.8, 4) is 5.75 Å². The smallest absolute Gasteiger partial charge is 0.308 e. The Morgan fingerprint density at radius 2 is 1.70 bits per heavy atom. The fraction of sp³-hybridized carbons (Fsp3) is 0.556. The van der Waals surface area contributed by atoms with Gasteiger partial charge in [0.05, 0.1) is 5.69 Å². The summed E-state index contributed by atoms with van der Waals surface area (Å²) in [6.07, 6.45) is -0.644. The minimum Gasteiger partial charge on any atom is -0.459 e. The Morgan fingerprint density at radius 1 is 1.07 bits per heavy atom. The first-order valence-electron chi connectivity index (χ1n) is 8.22. The van der Waals surface area contributed by atoms with Gasteiger partial charge in [-0.3, -0.25) is 14.4 Å². The summed E-state index contributed by atoms with van der Waals surface area (Å²) in [5.41, 5.74) is 0.534. The van der Waals surface area contributed by atoms with Crippen molar-refractivity contribution in [1.29, 1.82) is 0 Å². The van der Waals surface area contributed by atoms with Crippen LogP contribution < -0.4 is 10.1 Å². The first-order valence-corrected chi connectivity index (χ1v) is 8.22. The molecule has 0 saturated heterocycles. The van der Waals surface area contributed by atoms with Crippen LogP contribution in [0.5, 0.6) is 5.75 Å². The highest BCUT2D eigenvalue weighted by atomic mass is 35.5. The van der Waals surface area contributed by atoms with Gasteiger partial charge in [-0.15, -0.1) is 12.4 Å². The highest BCUT2D eigenvalue weighted by Crippen LogP contribution is 2.23. The molecule has 0 saturated carbocycles. The number of aromatic nitrogens is 1. The normalized spacial score (nSPS) is 11.8. The maximum Gasteiger partial charge on any atom is 0.308 e. The van der Waals surface area contributed by atoms with Crippen LogP contribution in [0.15, 0.2) is 12.1 Å². The van der Waals surface area contributed by atoms with Crippen molar-refractivity contribution in [2.45, 2.75) is 59.8 Å². The van der Waals surface area contributed by atoms with E-state index in [2.05, 4.69) is 10.3 Å². The lowest BCUT2D eigenvalue weighted by molar-refractivity contribution is -0.147. The van der Waals surface area contributed by atoms with Gasteiger partial charge in [0.2, 0.25) is 0 Å². The summed E-state index contributed by atoms with van der Waals surface area (Å²) in [4.78, 5) is 38.2. The number of nitrogens with one attached hydrogen (secondary N) is 1. The number of hydrogen-bond donors (Lipinski definition) is 1. The number of esters is 3. The molecule has 0 radical (unpaired) electrons. The second kappa shape index (κ2) is 10.8. The molecule has 1 heterocycles. The molecule has 1 N–H and O–H groups in total. The standard InChI is InChI=1S/C18H26N2O6.ClH/c1-11(21)24-10-15-16(25-12(2)22)8-7-14(20-15)17(26-13(3)23)9-19-18(4,5)6;/h7-8,17,19H,9-10H2,1-6H3;1H. The number of halogens is 1. The second-order valence-corrected chi connectivity index (χ2v) is 6.78. The van der Waals surface area contributed by atoms with Crippen molar-refractivity contribution in [2.75, 3.05) is 6.54 Å². The summed E-state index contributed by atoms with van der Waals surface area (Å²) < 4.78 is 15.4. The van der Waals surface area contributed by atoms with Crippen LogP contribution in [0, 0.1) is 0 Å². The van der Waals surface area contributed by atoms with Crippen molar-refractivity contribution >= 4 is 30.3 Å². The van der Waals surface area contributed by atoms with Crippen LogP contribution in [-0.2, 0) is 30.5 Å². The lowest BCUT2D eigenvalue weighted by Gasteiger charge is -2.25. The molecule has 1 rings (SSSR count). The molecule has 1 aromatic heterocycles. The zero-order chi connectivity index (χ0) is 19.9. The third-order valence-corrected chi connectivity index (χ3v) is 3.08. The Morgan fingerprint density at radius 3 is 2.19 bits per heavy atom. The molecular weight excluding hydrogens is 376 g/mol. The van der Waals surface area contributed by atoms with Crippen LogP contribution in [0.4, 0.5) is 0 Å². The number of carbonyl (C=O) groups is 3. The molecule has 0 aliphatic heterocycles. The molecule has 0 aliphatic carbocycles. The van der Waals surface area contributed by atoms with Crippen LogP contribution in [0.2, 0.25) is 0 Å². The van der Waals surface area contributed by atoms with Crippen molar-refractivity contribution < 1.29 is 28.6 Å². The predicted molar refractivity (Wildman–Crippen MR) is 101 cm³/mol. The van der Waals surface area contributed by atoms with E-state index in [-0.39, 0.29) is 36.0 Å². The Bertz CT molecular complexity index is 672. The molecule has 1 unspecified atom stereocenters. The molecule has 0 spiro atoms. The number of rotatable bonds is 7. The van der Waals surface area contributed by atoms with E-state index in [0.717, 1.165) is 0 Å². The second-order valence-electron chi connectivity index (χ2n) is 6.78. The average molecular weight is 403 g/mol. The first kappa shape index (κ1) is 24.8. The molecule has 8 nitrogen and oxygen atoms in total. The number of pyridine rings is 1. The summed E-state index contributed by atoms with van der Waals surface area (Å²) in [5.74, 6) is -1.27. The predicted octanol–water partition coefficient (Wildman–Crippen LogP) is 2.48. The zero-order valence-corrected chi connectivity index (χ0v) is 17.3. The van der Waals surface area contributed by atoms with E-state index in [0.29, 0.717) is 12.2 Å². The maximum absolute atomic E-state index is 11.4. The van der Waals surface area contributed by atoms with E-state index in [9.17, 15) is 14.4 Å². The molecule has 9 heteroatoms. The Kier molecular flexibility index (Phi) is 9.96. The lowest BCUT2D eigenvalue weighted by atomic mass is 10.1. The fourth-order valence-electron chi connectivity index (χ4n) is 2.01. The zero-order valence-electron chi connectivity index (χ0n) is 16.5. The van der Waals surface area contributed by atoms with Gasteiger partial charge >= 0.3 is 17.9 Å². The van der Waals surface area contributed by atoms with Gasteiger partial charge in [0.1, 0.15) is 12.3 Å². The third kappa shape index (κ3) is 9.91. The van der Waals surface area contributed by atoms with Crippen LogP contribution in [-0.4, -0.2) is 35.0 Å². The largest absolute Gasteiger partial charge is 0.459 e. The molecule has 1 atom stereocenters. The molecule has 0 aromatic carbocycles. The summed E-state index contributed by atoms with van der Waals surface area (Å²) >= 11 is 0. The van der Waals surface area contributed by atoms with Crippen molar-refractivity contribution in [3.05, 3.63) is 23.5 Å². The van der Waals surface area contributed by atoms with Crippen molar-refractivity contribution in [1.82, 2.24) is 10.3 Å². The fourth-order valence-corrected chi connectivity index (χ4v) is 2.01. The number of carbonyl (C=O) groups excluding carboxylic acids is 3. The van der Waals surface area contributed by atoms with Crippen molar-refractivity contribution in [3.63, 3.8) is 0 Å². The Hall–Kier alpha value is -2.19. The van der Waals surface area contributed by atoms with Gasteiger partial charge in [-0.2, -0.15) is 0 Å². The Balaban J connectivity index is 0.00000676. The number of nitrogens with zero attached hydrogens (tertiary/aromatic N) is 1. The topological polar surface area (TPSA) is 104 Å². The van der Waals surface area contributed by atoms with Gasteiger partial charge in [-0.1, -0.05) is 0 Å². The molecule has 0 fully saturated rings. The van der Waals surface area contributed by atoms with E-state index in [1.165, 1.54) is 26.8 Å². The van der Waals surface area contributed by atoms with Crippen LogP contribution >= 0.6 is 12.4 Å². The summed E-state index contributed by atoms with van der Waals surface area (Å²) in [5, 5.41) is 3.25. The third-order valence-electron chi connectivity index (χ3n) is 3.08. The van der Waals surface area contributed by atoms with Crippen LogP contribution in [0.1, 0.15) is 59.0 Å². The van der Waals surface area contributed by atoms with Crippen LogP contribution in [0.3, 0.4) is 0 Å². The van der Waals surface area contributed by atoms with Crippen LogP contribution in [0.25, 0.3) is 0 Å². The van der Waals surface area contributed by atoms with Crippen molar-refractivity contribution in [2.24, 2.45) is 0 Å². The van der Waals surface area contributed by atoms with Gasteiger partial charge in [0.25, 0.3) is 0 Å². The molecule has 1 aromatic rings. The van der Waals surface area contributed by atoms with Gasteiger partial charge in [-0.05, 0) is 32.9 Å². The molecule has 152 valence electrons. The van der Waals surface area contributed by atoms with Gasteiger partial charge < -0.3 is 19.5 Å². The first-order chi connectivity index (χ1) is 12.0. The molecule has 0 bridgehead atoms. The van der Waals surface area contributed by atoms with Gasteiger partial charge in [-0.25, -0.2) is 4.98 Å². The van der Waals surface area contributed by atoms with E-state index >= 15 is 0 Å². The molecular formula is C18H27ClN2O6. The monoisotopic (exact) mass is 402 g/mol. The highest BCUT2D eigenvalue weighted by Gasteiger charge is 2.22. The Labute approximate surface area is 165 Å². The minimum atomic E-state index is -0.644.